The molecule has 0 aliphatic heterocycles. The second-order valence-electron chi connectivity index (χ2n) is 2.46. The fourth-order valence-electron chi connectivity index (χ4n) is 1.15. The van der Waals surface area contributed by atoms with E-state index in [9.17, 15) is 0 Å². The Morgan fingerprint density at radius 1 is 1.50 bits per heavy atom. The van der Waals surface area contributed by atoms with Crippen LogP contribution in [0.1, 0.15) is 0 Å². The second kappa shape index (κ2) is 2.83. The zero-order valence-corrected chi connectivity index (χ0v) is 8.10. The van der Waals surface area contributed by atoms with Gasteiger partial charge in [0.05, 0.1) is 12.6 Å². The van der Waals surface area contributed by atoms with E-state index in [0.717, 1.165) is 21.1 Å². The Balaban J connectivity index is 2.75. The normalized spacial score (nSPS) is 10.5. The lowest BCUT2D eigenvalue weighted by Crippen LogP contribution is -1.82. The lowest BCUT2D eigenvalue weighted by Gasteiger charge is -2.00. The summed E-state index contributed by atoms with van der Waals surface area (Å²) in [6.07, 6.45) is 1.79. The molecule has 1 N–H and O–H groups in total. The first-order valence-corrected chi connectivity index (χ1v) is 4.33. The fraction of sp³-hybridized carbons (Fsp3) is 0.111. The van der Waals surface area contributed by atoms with E-state index in [4.69, 9.17) is 4.74 Å². The summed E-state index contributed by atoms with van der Waals surface area (Å²) in [6.45, 7) is 0. The first-order chi connectivity index (χ1) is 5.81. The predicted molar refractivity (Wildman–Crippen MR) is 51.4 cm³/mol. The van der Waals surface area contributed by atoms with E-state index < -0.39 is 0 Å². The van der Waals surface area contributed by atoms with Crippen molar-refractivity contribution in [1.29, 1.82) is 0 Å². The Morgan fingerprint density at radius 2 is 2.33 bits per heavy atom. The molecule has 0 bridgehead atoms. The Bertz CT molecular complexity index is 408. The summed E-state index contributed by atoms with van der Waals surface area (Å²) in [5.41, 5.74) is 1.05. The van der Waals surface area contributed by atoms with Crippen LogP contribution in [0.15, 0.2) is 22.8 Å². The molecule has 1 aromatic heterocycles. The molecule has 2 nitrogen and oxygen atoms in total. The third-order valence-electron chi connectivity index (χ3n) is 1.74. The Labute approximate surface area is 78.7 Å². The molecule has 0 saturated carbocycles. The van der Waals surface area contributed by atoms with Crippen molar-refractivity contribution in [2.45, 2.75) is 0 Å². The number of halogens is 1. The van der Waals surface area contributed by atoms with Gasteiger partial charge in [0.15, 0.2) is 0 Å². The molecule has 0 atom stereocenters. The number of nitrogens with one attached hydrogen (secondary N) is 1. The third kappa shape index (κ3) is 1.10. The summed E-state index contributed by atoms with van der Waals surface area (Å²) >= 11 is 3.44. The third-order valence-corrected chi connectivity index (χ3v) is 2.37. The number of fused-ring (bicyclic) bond motifs is 1. The summed E-state index contributed by atoms with van der Waals surface area (Å²) in [4.78, 5) is 3.08. The minimum Gasteiger partial charge on any atom is -0.497 e. The summed E-state index contributed by atoms with van der Waals surface area (Å²) in [6, 6.07) is 6.93. The van der Waals surface area contributed by atoms with Gasteiger partial charge in [0.2, 0.25) is 0 Å². The fourth-order valence-corrected chi connectivity index (χ4v) is 1.70. The average molecular weight is 225 g/mol. The van der Waals surface area contributed by atoms with Crippen molar-refractivity contribution < 1.29 is 4.74 Å². The first kappa shape index (κ1) is 7.68. The number of rotatable bonds is 1. The van der Waals surface area contributed by atoms with Crippen molar-refractivity contribution in [2.24, 2.45) is 0 Å². The first-order valence-electron chi connectivity index (χ1n) is 3.53. The van der Waals surface area contributed by atoms with Crippen LogP contribution >= 0.6 is 15.9 Å². The highest BCUT2D eigenvalue weighted by atomic mass is 79.9. The molecule has 0 aliphatic rings. The predicted octanol–water partition coefficient (Wildman–Crippen LogP) is 2.74. The highest BCUT2D eigenvalue weighted by Crippen LogP contribution is 2.27. The van der Waals surface area contributed by atoms with Crippen LogP contribution in [0.5, 0.6) is 5.75 Å². The van der Waals surface area contributed by atoms with Crippen LogP contribution in [0.25, 0.3) is 10.9 Å². The highest BCUT2D eigenvalue weighted by Gasteiger charge is 2.02. The molecule has 0 spiro atoms. The maximum atomic E-state index is 5.11. The van der Waals surface area contributed by atoms with Gasteiger partial charge in [-0.05, 0) is 28.1 Å². The molecule has 3 heteroatoms. The summed E-state index contributed by atoms with van der Waals surface area (Å²) in [7, 11) is 1.65. The molecule has 61 valence electrons. The maximum Gasteiger partial charge on any atom is 0.120 e. The summed E-state index contributed by atoms with van der Waals surface area (Å²) in [5.74, 6) is 0.838. The standard InChI is InChI=1S/C9H7BrNO/c1-12-7-4-6-2-3-11-9(6)8(10)5-7/h3-5,11H,1H3. The average Bonchev–Trinajstić information content (AvgIpc) is 2.52. The second-order valence-corrected chi connectivity index (χ2v) is 3.32. The van der Waals surface area contributed by atoms with Crippen LogP contribution in [0.3, 0.4) is 0 Å². The molecule has 1 heterocycles. The van der Waals surface area contributed by atoms with Crippen molar-refractivity contribution in [1.82, 2.24) is 4.98 Å². The molecule has 2 aromatic rings. The maximum absolute atomic E-state index is 5.11. The molecule has 1 radical (unpaired) electrons. The number of ether oxygens (including phenoxy) is 1. The molecule has 0 fully saturated rings. The highest BCUT2D eigenvalue weighted by molar-refractivity contribution is 9.10. The largest absolute Gasteiger partial charge is 0.497 e. The SMILES string of the molecule is COc1cc(Br)c2[nH]c[c]c2c1. The number of aromatic amines is 1. The number of hydrogen-bond donors (Lipinski definition) is 1. The lowest BCUT2D eigenvalue weighted by molar-refractivity contribution is 0.415. The number of benzene rings is 1. The van der Waals surface area contributed by atoms with Gasteiger partial charge in [0, 0.05) is 22.1 Å². The number of hydrogen-bond acceptors (Lipinski definition) is 1. The van der Waals surface area contributed by atoms with Crippen LogP contribution in [-0.2, 0) is 0 Å². The minimum atomic E-state index is 0.838. The molecule has 0 saturated heterocycles. The van der Waals surface area contributed by atoms with E-state index in [1.165, 1.54) is 0 Å². The number of aromatic nitrogens is 1. The quantitative estimate of drug-likeness (QED) is 0.792. The van der Waals surface area contributed by atoms with Crippen molar-refractivity contribution in [3.63, 3.8) is 0 Å². The van der Waals surface area contributed by atoms with Crippen LogP contribution in [0.4, 0.5) is 0 Å². The smallest absolute Gasteiger partial charge is 0.120 e. The Kier molecular flexibility index (Phi) is 1.81. The van der Waals surface area contributed by atoms with Gasteiger partial charge in [0.25, 0.3) is 0 Å². The van der Waals surface area contributed by atoms with E-state index in [0.29, 0.717) is 0 Å². The molecule has 0 amide bonds. The van der Waals surface area contributed by atoms with Gasteiger partial charge in [-0.1, -0.05) is 0 Å². The molecule has 0 aliphatic carbocycles. The lowest BCUT2D eigenvalue weighted by atomic mass is 10.2. The van der Waals surface area contributed by atoms with E-state index in [-0.39, 0.29) is 0 Å². The van der Waals surface area contributed by atoms with Gasteiger partial charge in [-0.3, -0.25) is 0 Å². The van der Waals surface area contributed by atoms with Crippen molar-refractivity contribution in [2.75, 3.05) is 7.11 Å². The topological polar surface area (TPSA) is 25.0 Å². The molecule has 12 heavy (non-hydrogen) atoms. The van der Waals surface area contributed by atoms with E-state index in [1.54, 1.807) is 13.3 Å². The van der Waals surface area contributed by atoms with E-state index >= 15 is 0 Å². The zero-order chi connectivity index (χ0) is 8.55. The van der Waals surface area contributed by atoms with Crippen molar-refractivity contribution in [3.05, 3.63) is 28.9 Å². The summed E-state index contributed by atoms with van der Waals surface area (Å²) < 4.78 is 6.11. The van der Waals surface area contributed by atoms with Gasteiger partial charge in [-0.2, -0.15) is 0 Å². The van der Waals surface area contributed by atoms with Gasteiger partial charge >= 0.3 is 0 Å². The number of H-pyrrole nitrogens is 1. The molecular weight excluding hydrogens is 218 g/mol. The molecule has 2 rings (SSSR count). The van der Waals surface area contributed by atoms with Gasteiger partial charge in [-0.15, -0.1) is 0 Å². The minimum absolute atomic E-state index is 0.838. The monoisotopic (exact) mass is 224 g/mol. The van der Waals surface area contributed by atoms with E-state index in [2.05, 4.69) is 27.0 Å². The summed E-state index contributed by atoms with van der Waals surface area (Å²) in [5, 5.41) is 1.03. The zero-order valence-electron chi connectivity index (χ0n) is 6.52. The molecular formula is C9H7BrNO. The van der Waals surface area contributed by atoms with Gasteiger partial charge in [-0.25, -0.2) is 0 Å². The number of methoxy groups -OCH3 is 1. The van der Waals surface area contributed by atoms with Crippen LogP contribution in [0, 0.1) is 6.07 Å². The Hall–Kier alpha value is -0.960. The van der Waals surface area contributed by atoms with Gasteiger partial charge in [0.1, 0.15) is 5.75 Å². The van der Waals surface area contributed by atoms with Crippen LogP contribution in [0.2, 0.25) is 0 Å². The van der Waals surface area contributed by atoms with Crippen LogP contribution in [-0.4, -0.2) is 12.1 Å². The molecule has 0 unspecified atom stereocenters. The molecule has 1 aromatic carbocycles. The van der Waals surface area contributed by atoms with Crippen LogP contribution < -0.4 is 4.74 Å². The van der Waals surface area contributed by atoms with E-state index in [1.807, 2.05) is 12.1 Å². The van der Waals surface area contributed by atoms with Crippen molar-refractivity contribution >= 4 is 26.8 Å². The van der Waals surface area contributed by atoms with Crippen molar-refractivity contribution in [3.8, 4) is 5.75 Å². The van der Waals surface area contributed by atoms with Gasteiger partial charge < -0.3 is 9.72 Å². The Morgan fingerprint density at radius 3 is 3.08 bits per heavy atom.